The Bertz CT molecular complexity index is 813. The molecule has 1 heterocycles. The maximum Gasteiger partial charge on any atom is 0.347 e. The predicted octanol–water partition coefficient (Wildman–Crippen LogP) is 0.561. The van der Waals surface area contributed by atoms with Crippen LogP contribution in [0.3, 0.4) is 0 Å². The van der Waals surface area contributed by atoms with Crippen molar-refractivity contribution in [3.05, 3.63) is 29.8 Å². The number of esters is 1. The fourth-order valence-electron chi connectivity index (χ4n) is 2.41. The van der Waals surface area contributed by atoms with Gasteiger partial charge in [0, 0.05) is 6.04 Å². The number of ether oxygens (including phenoxy) is 2. The predicted molar refractivity (Wildman–Crippen MR) is 92.0 cm³/mol. The quantitative estimate of drug-likeness (QED) is 0.715. The van der Waals surface area contributed by atoms with Gasteiger partial charge >= 0.3 is 5.97 Å². The molecule has 0 unspecified atom stereocenters. The van der Waals surface area contributed by atoms with Gasteiger partial charge in [0.1, 0.15) is 5.75 Å². The van der Waals surface area contributed by atoms with Gasteiger partial charge in [0.15, 0.2) is 22.0 Å². The van der Waals surface area contributed by atoms with Crippen LogP contribution in [-0.4, -0.2) is 50.0 Å². The Balaban J connectivity index is 1.83. The van der Waals surface area contributed by atoms with Crippen molar-refractivity contribution in [3.63, 3.8) is 0 Å². The minimum Gasteiger partial charge on any atom is -0.479 e. The lowest BCUT2D eigenvalue weighted by atomic mass is 10.2. The number of nitrogens with one attached hydrogen (secondary N) is 1. The largest absolute Gasteiger partial charge is 0.479 e. The summed E-state index contributed by atoms with van der Waals surface area (Å²) in [7, 11) is -3.11. The van der Waals surface area contributed by atoms with Crippen molar-refractivity contribution in [1.29, 1.82) is 5.26 Å². The molecule has 0 spiro atoms. The molecule has 1 aromatic carbocycles. The molecule has 8 nitrogen and oxygen atoms in total. The Morgan fingerprint density at radius 3 is 2.42 bits per heavy atom. The molecule has 1 N–H and O–H groups in total. The van der Waals surface area contributed by atoms with E-state index in [1.165, 1.54) is 13.8 Å². The molecule has 1 aliphatic heterocycles. The molecule has 0 bridgehead atoms. The summed E-state index contributed by atoms with van der Waals surface area (Å²) in [5.41, 5.74) is 0.465. The number of carbonyl (C=O) groups is 2. The van der Waals surface area contributed by atoms with Crippen LogP contribution in [0.5, 0.6) is 5.75 Å². The molecule has 0 aromatic heterocycles. The van der Waals surface area contributed by atoms with Crippen LogP contribution < -0.4 is 10.1 Å². The van der Waals surface area contributed by atoms with E-state index in [-0.39, 0.29) is 11.5 Å². The molecule has 1 saturated heterocycles. The summed E-state index contributed by atoms with van der Waals surface area (Å²) >= 11 is 0. The molecule has 1 amide bonds. The van der Waals surface area contributed by atoms with Gasteiger partial charge in [-0.1, -0.05) is 0 Å². The highest BCUT2D eigenvalue weighted by Crippen LogP contribution is 2.15. The molecule has 1 aliphatic rings. The summed E-state index contributed by atoms with van der Waals surface area (Å²) in [6, 6.07) is 7.74. The molecule has 0 radical (unpaired) electrons. The smallest absolute Gasteiger partial charge is 0.347 e. The van der Waals surface area contributed by atoms with Gasteiger partial charge in [-0.25, -0.2) is 13.2 Å². The summed E-state index contributed by atoms with van der Waals surface area (Å²) in [5, 5.41) is 11.3. The zero-order valence-electron chi connectivity index (χ0n) is 14.5. The monoisotopic (exact) mass is 380 g/mol. The molecule has 0 saturated carbocycles. The van der Waals surface area contributed by atoms with Crippen LogP contribution in [-0.2, 0) is 24.2 Å². The highest BCUT2D eigenvalue weighted by molar-refractivity contribution is 7.91. The molecule has 1 fully saturated rings. The number of amides is 1. The number of benzene rings is 1. The molecular formula is C17H20N2O6S. The van der Waals surface area contributed by atoms with Crippen molar-refractivity contribution < 1.29 is 27.5 Å². The van der Waals surface area contributed by atoms with E-state index < -0.39 is 40.0 Å². The van der Waals surface area contributed by atoms with Crippen molar-refractivity contribution in [3.8, 4) is 11.8 Å². The fraction of sp³-hybridized carbons (Fsp3) is 0.471. The Labute approximate surface area is 152 Å². The molecule has 9 heteroatoms. The van der Waals surface area contributed by atoms with Crippen LogP contribution in [0.15, 0.2) is 24.3 Å². The zero-order chi connectivity index (χ0) is 19.3. The first-order chi connectivity index (χ1) is 12.2. The normalized spacial score (nSPS) is 20.4. The van der Waals surface area contributed by atoms with Gasteiger partial charge in [0.05, 0.1) is 23.1 Å². The third kappa shape index (κ3) is 5.46. The van der Waals surface area contributed by atoms with Gasteiger partial charge in [-0.3, -0.25) is 4.79 Å². The van der Waals surface area contributed by atoms with Crippen molar-refractivity contribution in [2.75, 3.05) is 11.5 Å². The molecule has 1 aromatic rings. The number of hydrogen-bond donors (Lipinski definition) is 1. The number of carbonyl (C=O) groups excluding carboxylic acids is 2. The Hall–Kier alpha value is -2.60. The third-order valence-corrected chi connectivity index (χ3v) is 5.64. The summed E-state index contributed by atoms with van der Waals surface area (Å²) in [6.45, 7) is 2.89. The lowest BCUT2D eigenvalue weighted by Crippen LogP contribution is -2.43. The second kappa shape index (κ2) is 8.19. The van der Waals surface area contributed by atoms with Gasteiger partial charge in [0.2, 0.25) is 0 Å². The van der Waals surface area contributed by atoms with E-state index >= 15 is 0 Å². The average molecular weight is 380 g/mol. The highest BCUT2D eigenvalue weighted by Gasteiger charge is 2.31. The van der Waals surface area contributed by atoms with Crippen molar-refractivity contribution in [1.82, 2.24) is 5.32 Å². The van der Waals surface area contributed by atoms with Gasteiger partial charge < -0.3 is 14.8 Å². The van der Waals surface area contributed by atoms with Crippen molar-refractivity contribution >= 4 is 21.7 Å². The van der Waals surface area contributed by atoms with E-state index in [1.807, 2.05) is 6.07 Å². The number of rotatable bonds is 6. The van der Waals surface area contributed by atoms with Gasteiger partial charge in [-0.05, 0) is 44.5 Å². The summed E-state index contributed by atoms with van der Waals surface area (Å²) in [4.78, 5) is 24.1. The van der Waals surface area contributed by atoms with Crippen molar-refractivity contribution in [2.24, 2.45) is 0 Å². The van der Waals surface area contributed by atoms with Gasteiger partial charge in [-0.15, -0.1) is 0 Å². The van der Waals surface area contributed by atoms with E-state index in [4.69, 9.17) is 14.7 Å². The van der Waals surface area contributed by atoms with Crippen LogP contribution in [0, 0.1) is 11.3 Å². The van der Waals surface area contributed by atoms with Gasteiger partial charge in [0.25, 0.3) is 5.91 Å². The first kappa shape index (κ1) is 19.7. The average Bonchev–Trinajstić information content (AvgIpc) is 2.93. The highest BCUT2D eigenvalue weighted by atomic mass is 32.2. The summed E-state index contributed by atoms with van der Waals surface area (Å²) < 4.78 is 33.3. The van der Waals surface area contributed by atoms with Crippen LogP contribution in [0.4, 0.5) is 0 Å². The first-order valence-corrected chi connectivity index (χ1v) is 9.90. The second-order valence-electron chi connectivity index (χ2n) is 6.08. The van der Waals surface area contributed by atoms with E-state index in [1.54, 1.807) is 24.3 Å². The Morgan fingerprint density at radius 2 is 1.88 bits per heavy atom. The number of nitriles is 1. The van der Waals surface area contributed by atoms with Crippen LogP contribution in [0.1, 0.15) is 25.8 Å². The number of hydrogen-bond acceptors (Lipinski definition) is 7. The molecule has 26 heavy (non-hydrogen) atoms. The first-order valence-electron chi connectivity index (χ1n) is 8.08. The van der Waals surface area contributed by atoms with E-state index in [0.29, 0.717) is 17.7 Å². The maximum atomic E-state index is 12.1. The van der Waals surface area contributed by atoms with E-state index in [2.05, 4.69) is 5.32 Å². The Kier molecular flexibility index (Phi) is 6.21. The zero-order valence-corrected chi connectivity index (χ0v) is 15.3. The van der Waals surface area contributed by atoms with Crippen molar-refractivity contribution in [2.45, 2.75) is 38.5 Å². The minimum atomic E-state index is -3.11. The standard InChI is InChI=1S/C17H20N2O6S/c1-11(16(20)19-14-7-8-26(22,23)10-14)25-17(21)12(2)24-15-5-3-13(9-18)4-6-15/h3-6,11-12,14H,7-8,10H2,1-2H3,(H,19,20)/t11-,12+,14-/m0/s1. The third-order valence-electron chi connectivity index (χ3n) is 3.87. The number of sulfone groups is 1. The summed E-state index contributed by atoms with van der Waals surface area (Å²) in [6.07, 6.45) is -1.67. The molecular weight excluding hydrogens is 360 g/mol. The molecule has 0 aliphatic carbocycles. The van der Waals surface area contributed by atoms with Gasteiger partial charge in [-0.2, -0.15) is 5.26 Å². The SMILES string of the molecule is C[C@H](OC(=O)[C@@H](C)Oc1ccc(C#N)cc1)C(=O)N[C@H]1CCS(=O)(=O)C1. The second-order valence-corrected chi connectivity index (χ2v) is 8.31. The lowest BCUT2D eigenvalue weighted by molar-refractivity contribution is -0.161. The molecule has 140 valence electrons. The molecule has 3 atom stereocenters. The van der Waals surface area contributed by atoms with Crippen LogP contribution in [0.25, 0.3) is 0 Å². The minimum absolute atomic E-state index is 0.0432. The summed E-state index contributed by atoms with van der Waals surface area (Å²) in [5.74, 6) is -0.942. The number of nitrogens with zero attached hydrogens (tertiary/aromatic N) is 1. The Morgan fingerprint density at radius 1 is 1.23 bits per heavy atom. The van der Waals surface area contributed by atoms with Crippen LogP contribution >= 0.6 is 0 Å². The molecule has 2 rings (SSSR count). The van der Waals surface area contributed by atoms with Crippen LogP contribution in [0.2, 0.25) is 0 Å². The topological polar surface area (TPSA) is 123 Å². The maximum absolute atomic E-state index is 12.1. The van der Waals surface area contributed by atoms with E-state index in [9.17, 15) is 18.0 Å². The lowest BCUT2D eigenvalue weighted by Gasteiger charge is -2.19. The fourth-order valence-corrected chi connectivity index (χ4v) is 4.08. The van der Waals surface area contributed by atoms with E-state index in [0.717, 1.165) is 0 Å².